The molecule has 0 spiro atoms. The van der Waals surface area contributed by atoms with E-state index in [1.807, 2.05) is 18.2 Å². The predicted octanol–water partition coefficient (Wildman–Crippen LogP) is 2.37. The van der Waals surface area contributed by atoms with Crippen LogP contribution in [0.15, 0.2) is 30.9 Å². The van der Waals surface area contributed by atoms with Gasteiger partial charge in [0.2, 0.25) is 0 Å². The number of aromatic hydroxyl groups is 1. The maximum atomic E-state index is 9.83. The maximum absolute atomic E-state index is 9.83. The summed E-state index contributed by atoms with van der Waals surface area (Å²) in [7, 11) is 1.52. The molecule has 0 saturated heterocycles. The molecule has 0 aliphatic rings. The lowest BCUT2D eigenvalue weighted by atomic mass is 10.0. The maximum Gasteiger partial charge on any atom is 0.162 e. The van der Waals surface area contributed by atoms with Crippen molar-refractivity contribution in [2.45, 2.75) is 18.9 Å². The van der Waals surface area contributed by atoms with Crippen LogP contribution < -0.4 is 10.5 Å². The van der Waals surface area contributed by atoms with Crippen molar-refractivity contribution in [2.24, 2.45) is 5.73 Å². The van der Waals surface area contributed by atoms with Crippen LogP contribution in [0.1, 0.15) is 24.4 Å². The molecule has 0 aromatic heterocycles. The lowest BCUT2D eigenvalue weighted by molar-refractivity contribution is 0.368. The molecule has 0 unspecified atom stereocenters. The number of nitrogens with two attached hydrogens (primary N) is 1. The van der Waals surface area contributed by atoms with Gasteiger partial charge in [-0.05, 0) is 18.9 Å². The second kappa shape index (κ2) is 5.41. The average Bonchev–Trinajstić information content (AvgIpc) is 2.26. The first-order valence-electron chi connectivity index (χ1n) is 4.93. The zero-order chi connectivity index (χ0) is 11.3. The van der Waals surface area contributed by atoms with Gasteiger partial charge in [0.1, 0.15) is 0 Å². The number of allylic oxidation sites excluding steroid dienone is 1. The van der Waals surface area contributed by atoms with Gasteiger partial charge in [-0.1, -0.05) is 18.2 Å². The van der Waals surface area contributed by atoms with E-state index in [0.29, 0.717) is 5.75 Å². The first-order valence-corrected chi connectivity index (χ1v) is 4.93. The molecule has 3 nitrogen and oxygen atoms in total. The quantitative estimate of drug-likeness (QED) is 0.729. The molecule has 0 aliphatic carbocycles. The predicted molar refractivity (Wildman–Crippen MR) is 61.0 cm³/mol. The van der Waals surface area contributed by atoms with E-state index in [1.54, 1.807) is 6.07 Å². The van der Waals surface area contributed by atoms with Crippen LogP contribution in [0, 0.1) is 0 Å². The van der Waals surface area contributed by atoms with Crippen LogP contribution in [0.25, 0.3) is 0 Å². The third-order valence-corrected chi connectivity index (χ3v) is 2.33. The van der Waals surface area contributed by atoms with E-state index < -0.39 is 0 Å². The van der Waals surface area contributed by atoms with Crippen LogP contribution in [0.2, 0.25) is 0 Å². The van der Waals surface area contributed by atoms with Crippen molar-refractivity contribution < 1.29 is 9.84 Å². The Balaban J connectivity index is 2.88. The largest absolute Gasteiger partial charge is 0.504 e. The summed E-state index contributed by atoms with van der Waals surface area (Å²) >= 11 is 0. The fraction of sp³-hybridized carbons (Fsp3) is 0.333. The highest BCUT2D eigenvalue weighted by Gasteiger charge is 2.13. The third kappa shape index (κ3) is 2.73. The van der Waals surface area contributed by atoms with E-state index in [4.69, 9.17) is 10.5 Å². The molecule has 3 N–H and O–H groups in total. The number of phenols is 1. The van der Waals surface area contributed by atoms with Crippen LogP contribution in [-0.4, -0.2) is 12.2 Å². The van der Waals surface area contributed by atoms with Crippen molar-refractivity contribution in [3.8, 4) is 11.5 Å². The highest BCUT2D eigenvalue weighted by Crippen LogP contribution is 2.33. The summed E-state index contributed by atoms with van der Waals surface area (Å²) < 4.78 is 5.01. The molecule has 0 fully saturated rings. The van der Waals surface area contributed by atoms with Gasteiger partial charge in [0.25, 0.3) is 0 Å². The van der Waals surface area contributed by atoms with E-state index in [1.165, 1.54) is 7.11 Å². The van der Waals surface area contributed by atoms with Crippen molar-refractivity contribution >= 4 is 0 Å². The number of rotatable bonds is 5. The Morgan fingerprint density at radius 1 is 1.60 bits per heavy atom. The van der Waals surface area contributed by atoms with Crippen LogP contribution in [-0.2, 0) is 0 Å². The number of para-hydroxylation sites is 1. The van der Waals surface area contributed by atoms with Crippen LogP contribution in [0.3, 0.4) is 0 Å². The van der Waals surface area contributed by atoms with Gasteiger partial charge in [-0.25, -0.2) is 0 Å². The fourth-order valence-corrected chi connectivity index (χ4v) is 1.46. The number of phenolic OH excluding ortho intramolecular Hbond substituents is 1. The highest BCUT2D eigenvalue weighted by molar-refractivity contribution is 5.46. The Hall–Kier alpha value is -1.48. The second-order valence-electron chi connectivity index (χ2n) is 3.37. The Bertz CT molecular complexity index is 336. The standard InChI is InChI=1S/C12H17NO2/c1-3-4-7-10(13)9-6-5-8-11(15-2)12(9)14/h3,5-6,8,10,14H,1,4,7,13H2,2H3/t10-/m0/s1. The minimum Gasteiger partial charge on any atom is -0.504 e. The zero-order valence-electron chi connectivity index (χ0n) is 8.94. The first kappa shape index (κ1) is 11.6. The molecular weight excluding hydrogens is 190 g/mol. The van der Waals surface area contributed by atoms with Crippen LogP contribution in [0.5, 0.6) is 11.5 Å². The number of hydrogen-bond donors (Lipinski definition) is 2. The molecule has 1 aromatic rings. The summed E-state index contributed by atoms with van der Waals surface area (Å²) in [5.41, 5.74) is 6.66. The normalized spacial score (nSPS) is 12.1. The number of ether oxygens (including phenoxy) is 1. The number of hydrogen-bond acceptors (Lipinski definition) is 3. The van der Waals surface area contributed by atoms with Crippen molar-refractivity contribution in [3.63, 3.8) is 0 Å². The molecule has 1 atom stereocenters. The molecule has 0 bridgehead atoms. The lowest BCUT2D eigenvalue weighted by Gasteiger charge is -2.14. The average molecular weight is 207 g/mol. The van der Waals surface area contributed by atoms with Crippen molar-refractivity contribution in [2.75, 3.05) is 7.11 Å². The van der Waals surface area contributed by atoms with Crippen molar-refractivity contribution in [3.05, 3.63) is 36.4 Å². The van der Waals surface area contributed by atoms with E-state index in [2.05, 4.69) is 6.58 Å². The molecule has 1 aromatic carbocycles. The van der Waals surface area contributed by atoms with Crippen LogP contribution >= 0.6 is 0 Å². The molecule has 0 radical (unpaired) electrons. The summed E-state index contributed by atoms with van der Waals surface area (Å²) in [6.45, 7) is 3.64. The van der Waals surface area contributed by atoms with Gasteiger partial charge in [-0.15, -0.1) is 6.58 Å². The molecule has 1 rings (SSSR count). The Labute approximate surface area is 90.2 Å². The summed E-state index contributed by atoms with van der Waals surface area (Å²) in [6, 6.07) is 5.16. The minimum absolute atomic E-state index is 0.136. The summed E-state index contributed by atoms with van der Waals surface area (Å²) in [6.07, 6.45) is 3.42. The van der Waals surface area contributed by atoms with Gasteiger partial charge in [0, 0.05) is 11.6 Å². The van der Waals surface area contributed by atoms with E-state index in [9.17, 15) is 5.11 Å². The van der Waals surface area contributed by atoms with Crippen LogP contribution in [0.4, 0.5) is 0 Å². The molecular formula is C12H17NO2. The Kier molecular flexibility index (Phi) is 4.18. The topological polar surface area (TPSA) is 55.5 Å². The summed E-state index contributed by atoms with van der Waals surface area (Å²) in [5, 5.41) is 9.83. The monoisotopic (exact) mass is 207 g/mol. The van der Waals surface area contributed by atoms with Gasteiger partial charge >= 0.3 is 0 Å². The molecule has 15 heavy (non-hydrogen) atoms. The summed E-state index contributed by atoms with van der Waals surface area (Å²) in [4.78, 5) is 0. The molecule has 3 heteroatoms. The van der Waals surface area contributed by atoms with E-state index in [-0.39, 0.29) is 11.8 Å². The fourth-order valence-electron chi connectivity index (χ4n) is 1.46. The zero-order valence-corrected chi connectivity index (χ0v) is 8.94. The van der Waals surface area contributed by atoms with Gasteiger partial charge < -0.3 is 15.6 Å². The third-order valence-electron chi connectivity index (χ3n) is 2.33. The highest BCUT2D eigenvalue weighted by atomic mass is 16.5. The van der Waals surface area contributed by atoms with Gasteiger partial charge in [-0.3, -0.25) is 0 Å². The Morgan fingerprint density at radius 2 is 2.33 bits per heavy atom. The van der Waals surface area contributed by atoms with E-state index in [0.717, 1.165) is 18.4 Å². The van der Waals surface area contributed by atoms with Gasteiger partial charge in [0.05, 0.1) is 7.11 Å². The van der Waals surface area contributed by atoms with Gasteiger partial charge in [0.15, 0.2) is 11.5 Å². The van der Waals surface area contributed by atoms with E-state index >= 15 is 0 Å². The van der Waals surface area contributed by atoms with Crippen molar-refractivity contribution in [1.82, 2.24) is 0 Å². The van der Waals surface area contributed by atoms with Gasteiger partial charge in [-0.2, -0.15) is 0 Å². The molecule has 0 saturated carbocycles. The van der Waals surface area contributed by atoms with Crippen molar-refractivity contribution in [1.29, 1.82) is 0 Å². The summed E-state index contributed by atoms with van der Waals surface area (Å²) in [5.74, 6) is 0.595. The lowest BCUT2D eigenvalue weighted by Crippen LogP contribution is -2.10. The number of benzene rings is 1. The smallest absolute Gasteiger partial charge is 0.162 e. The first-order chi connectivity index (χ1) is 7.20. The number of methoxy groups -OCH3 is 1. The molecule has 82 valence electrons. The molecule has 0 aliphatic heterocycles. The SMILES string of the molecule is C=CCC[C@H](N)c1cccc(OC)c1O. The molecule has 0 heterocycles. The Morgan fingerprint density at radius 3 is 2.93 bits per heavy atom. The molecule has 0 amide bonds. The second-order valence-corrected chi connectivity index (χ2v) is 3.37. The minimum atomic E-state index is -0.182.